The fraction of sp³-hybridized carbons (Fsp3) is 0.375. The zero-order valence-corrected chi connectivity index (χ0v) is 7.39. The van der Waals surface area contributed by atoms with Crippen molar-refractivity contribution in [1.82, 2.24) is 5.16 Å². The van der Waals surface area contributed by atoms with Crippen molar-refractivity contribution in [1.29, 1.82) is 0 Å². The minimum atomic E-state index is -0.498. The Hall–Kier alpha value is -1.65. The third-order valence-electron chi connectivity index (χ3n) is 1.54. The van der Waals surface area contributed by atoms with Gasteiger partial charge in [-0.05, 0) is 5.92 Å². The van der Waals surface area contributed by atoms with E-state index in [1.165, 1.54) is 6.07 Å². The molecule has 0 spiro atoms. The Morgan fingerprint density at radius 1 is 1.77 bits per heavy atom. The molecule has 1 aromatic rings. The number of ketones is 1. The predicted octanol–water partition coefficient (Wildman–Crippen LogP) is 1.44. The number of nitrogens with zero attached hydrogens (tertiary/aromatic N) is 2. The Bertz CT molecular complexity index is 328. The first-order valence-corrected chi connectivity index (χ1v) is 3.83. The Balaban J connectivity index is 2.85. The molecule has 0 atom stereocenters. The van der Waals surface area contributed by atoms with Gasteiger partial charge in [0.15, 0.2) is 0 Å². The number of hydrogen-bond acceptors (Lipinski definition) is 5. The van der Waals surface area contributed by atoms with Gasteiger partial charge in [-0.15, -0.1) is 0 Å². The topological polar surface area (TPSA) is 75.7 Å². The van der Waals surface area contributed by atoms with Crippen LogP contribution in [0.3, 0.4) is 0 Å². The van der Waals surface area contributed by atoms with Crippen LogP contribution in [0.4, 0.5) is 0 Å². The van der Waals surface area contributed by atoms with Gasteiger partial charge in [-0.3, -0.25) is 4.79 Å². The van der Waals surface area contributed by atoms with Crippen LogP contribution in [-0.2, 0) is 0 Å². The minimum Gasteiger partial charge on any atom is -0.411 e. The third kappa shape index (κ3) is 2.14. The van der Waals surface area contributed by atoms with Crippen LogP contribution in [0.5, 0.6) is 0 Å². The van der Waals surface area contributed by atoms with Crippen molar-refractivity contribution in [3.8, 4) is 0 Å². The highest BCUT2D eigenvalue weighted by Crippen LogP contribution is 2.13. The highest BCUT2D eigenvalue weighted by molar-refractivity contribution is 6.34. The Morgan fingerprint density at radius 2 is 2.46 bits per heavy atom. The summed E-state index contributed by atoms with van der Waals surface area (Å²) in [6, 6.07) is 1.54. The molecule has 0 bridgehead atoms. The van der Waals surface area contributed by atoms with Gasteiger partial charge in [0.2, 0.25) is 11.5 Å². The van der Waals surface area contributed by atoms with E-state index >= 15 is 0 Å². The van der Waals surface area contributed by atoms with Gasteiger partial charge in [-0.1, -0.05) is 24.2 Å². The van der Waals surface area contributed by atoms with Crippen molar-refractivity contribution in [2.45, 2.75) is 19.8 Å². The summed E-state index contributed by atoms with van der Waals surface area (Å²) in [6.45, 7) is 3.87. The Morgan fingerprint density at radius 3 is 2.92 bits per heavy atom. The summed E-state index contributed by atoms with van der Waals surface area (Å²) in [5.74, 6) is -0.209. The highest BCUT2D eigenvalue weighted by Gasteiger charge is 2.12. The Labute approximate surface area is 75.0 Å². The molecule has 1 N–H and O–H groups in total. The van der Waals surface area contributed by atoms with Crippen LogP contribution in [0, 0.1) is 0 Å². The van der Waals surface area contributed by atoms with Crippen LogP contribution < -0.4 is 0 Å². The second-order valence-corrected chi connectivity index (χ2v) is 2.88. The molecule has 0 unspecified atom stereocenters. The van der Waals surface area contributed by atoms with Crippen LogP contribution >= 0.6 is 0 Å². The average Bonchev–Trinajstić information content (AvgIpc) is 2.52. The van der Waals surface area contributed by atoms with E-state index in [0.717, 1.165) is 6.21 Å². The van der Waals surface area contributed by atoms with Crippen molar-refractivity contribution >= 4 is 12.0 Å². The second kappa shape index (κ2) is 3.84. The molecule has 1 rings (SSSR count). The molecule has 0 radical (unpaired) electrons. The molecule has 0 saturated carbocycles. The lowest BCUT2D eigenvalue weighted by Gasteiger charge is -1.92. The predicted molar refractivity (Wildman–Crippen MR) is 45.2 cm³/mol. The van der Waals surface area contributed by atoms with Crippen LogP contribution in [0.25, 0.3) is 0 Å². The van der Waals surface area contributed by atoms with E-state index in [4.69, 9.17) is 9.73 Å². The SMILES string of the molecule is CC(C)c1cc(C(=O)C=NO)on1. The van der Waals surface area contributed by atoms with E-state index in [0.29, 0.717) is 5.69 Å². The quantitative estimate of drug-likeness (QED) is 0.332. The molecular formula is C8H10N2O3. The molecule has 0 aliphatic carbocycles. The molecule has 13 heavy (non-hydrogen) atoms. The number of Topliss-reactive ketones (excluding diaryl/α,β-unsaturated/α-hetero) is 1. The Kier molecular flexibility index (Phi) is 2.79. The maximum Gasteiger partial charge on any atom is 0.245 e. The smallest absolute Gasteiger partial charge is 0.245 e. The number of carbonyl (C=O) groups excluding carboxylic acids is 1. The van der Waals surface area contributed by atoms with E-state index in [1.54, 1.807) is 0 Å². The molecule has 1 aromatic heterocycles. The van der Waals surface area contributed by atoms with Crippen LogP contribution in [-0.4, -0.2) is 22.4 Å². The lowest BCUT2D eigenvalue weighted by molar-refractivity contribution is 0.103. The number of carbonyl (C=O) groups is 1. The van der Waals surface area contributed by atoms with Crippen LogP contribution in [0.15, 0.2) is 15.7 Å². The summed E-state index contributed by atoms with van der Waals surface area (Å²) in [4.78, 5) is 11.0. The van der Waals surface area contributed by atoms with E-state index in [9.17, 15) is 4.79 Å². The van der Waals surface area contributed by atoms with Gasteiger partial charge < -0.3 is 9.73 Å². The molecule has 0 amide bonds. The van der Waals surface area contributed by atoms with E-state index in [2.05, 4.69) is 10.3 Å². The first-order chi connectivity index (χ1) is 6.15. The molecule has 0 aromatic carbocycles. The summed E-state index contributed by atoms with van der Waals surface area (Å²) < 4.78 is 4.74. The minimum absolute atomic E-state index is 0.0847. The summed E-state index contributed by atoms with van der Waals surface area (Å²) in [5.41, 5.74) is 0.703. The fourth-order valence-corrected chi connectivity index (χ4v) is 0.793. The van der Waals surface area contributed by atoms with Crippen molar-refractivity contribution < 1.29 is 14.5 Å². The lowest BCUT2D eigenvalue weighted by atomic mass is 10.1. The summed E-state index contributed by atoms with van der Waals surface area (Å²) in [6.07, 6.45) is 0.768. The molecule has 0 aliphatic rings. The lowest BCUT2D eigenvalue weighted by Crippen LogP contribution is -1.97. The number of oxime groups is 1. The normalized spacial score (nSPS) is 11.3. The molecular weight excluding hydrogens is 172 g/mol. The molecule has 5 heteroatoms. The van der Waals surface area contributed by atoms with Crippen molar-refractivity contribution in [3.05, 3.63) is 17.5 Å². The number of rotatable bonds is 3. The fourth-order valence-electron chi connectivity index (χ4n) is 0.793. The van der Waals surface area contributed by atoms with Gasteiger partial charge in [-0.2, -0.15) is 0 Å². The highest BCUT2D eigenvalue weighted by atomic mass is 16.5. The first-order valence-electron chi connectivity index (χ1n) is 3.83. The zero-order chi connectivity index (χ0) is 9.84. The number of hydrogen-bond donors (Lipinski definition) is 1. The van der Waals surface area contributed by atoms with Crippen LogP contribution in [0.1, 0.15) is 36.0 Å². The standard InChI is InChI=1S/C8H10N2O3/c1-5(2)6-3-8(13-10-6)7(11)4-9-12/h3-5,12H,1-2H3. The summed E-state index contributed by atoms with van der Waals surface area (Å²) >= 11 is 0. The van der Waals surface area contributed by atoms with Gasteiger partial charge >= 0.3 is 0 Å². The summed E-state index contributed by atoms with van der Waals surface area (Å²) in [7, 11) is 0. The van der Waals surface area contributed by atoms with Crippen molar-refractivity contribution in [3.63, 3.8) is 0 Å². The van der Waals surface area contributed by atoms with E-state index in [1.807, 2.05) is 13.8 Å². The van der Waals surface area contributed by atoms with Gasteiger partial charge in [0, 0.05) is 6.07 Å². The maximum absolute atomic E-state index is 11.0. The second-order valence-electron chi connectivity index (χ2n) is 2.88. The van der Waals surface area contributed by atoms with Gasteiger partial charge in [-0.25, -0.2) is 0 Å². The zero-order valence-electron chi connectivity index (χ0n) is 7.39. The third-order valence-corrected chi connectivity index (χ3v) is 1.54. The molecule has 5 nitrogen and oxygen atoms in total. The molecule has 0 aliphatic heterocycles. The van der Waals surface area contributed by atoms with E-state index in [-0.39, 0.29) is 11.7 Å². The maximum atomic E-state index is 11.0. The van der Waals surface area contributed by atoms with E-state index < -0.39 is 5.78 Å². The number of aromatic nitrogens is 1. The molecule has 0 fully saturated rings. The monoisotopic (exact) mass is 182 g/mol. The van der Waals surface area contributed by atoms with Crippen molar-refractivity contribution in [2.75, 3.05) is 0 Å². The van der Waals surface area contributed by atoms with Crippen molar-refractivity contribution in [2.24, 2.45) is 5.16 Å². The average molecular weight is 182 g/mol. The van der Waals surface area contributed by atoms with Gasteiger partial charge in [0.05, 0.1) is 5.69 Å². The summed E-state index contributed by atoms with van der Waals surface area (Å²) in [5, 5.41) is 14.4. The van der Waals surface area contributed by atoms with Gasteiger partial charge in [0.1, 0.15) is 6.21 Å². The van der Waals surface area contributed by atoms with Gasteiger partial charge in [0.25, 0.3) is 0 Å². The first kappa shape index (κ1) is 9.44. The molecule has 70 valence electrons. The molecule has 1 heterocycles. The van der Waals surface area contributed by atoms with Crippen LogP contribution in [0.2, 0.25) is 0 Å². The largest absolute Gasteiger partial charge is 0.411 e. The molecule has 0 saturated heterocycles.